The lowest BCUT2D eigenvalue weighted by atomic mass is 9.82. The first-order chi connectivity index (χ1) is 10.2. The van der Waals surface area contributed by atoms with Gasteiger partial charge in [-0.3, -0.25) is 0 Å². The number of hydrogen-bond acceptors (Lipinski definition) is 4. The summed E-state index contributed by atoms with van der Waals surface area (Å²) >= 11 is 0. The molecule has 21 heavy (non-hydrogen) atoms. The maximum Gasteiger partial charge on any atom is 0.339 e. The second-order valence-corrected chi connectivity index (χ2v) is 5.87. The van der Waals surface area contributed by atoms with Crippen molar-refractivity contribution < 1.29 is 14.3 Å². The van der Waals surface area contributed by atoms with Crippen LogP contribution in [0.1, 0.15) is 37.7 Å². The first-order valence-electron chi connectivity index (χ1n) is 7.35. The van der Waals surface area contributed by atoms with Crippen LogP contribution < -0.4 is 10.4 Å². The molecule has 4 rings (SSSR count). The molecule has 4 nitrogen and oxygen atoms in total. The van der Waals surface area contributed by atoms with Crippen LogP contribution in [-0.4, -0.2) is 10.7 Å². The van der Waals surface area contributed by atoms with Crippen molar-refractivity contribution in [1.82, 2.24) is 0 Å². The van der Waals surface area contributed by atoms with Crippen molar-refractivity contribution in [1.29, 1.82) is 0 Å². The summed E-state index contributed by atoms with van der Waals surface area (Å²) in [4.78, 5) is 11.5. The average molecular weight is 284 g/mol. The maximum absolute atomic E-state index is 11.5. The lowest BCUT2D eigenvalue weighted by Crippen LogP contribution is -2.37. The van der Waals surface area contributed by atoms with Gasteiger partial charge in [-0.25, -0.2) is 4.79 Å². The lowest BCUT2D eigenvalue weighted by Gasteiger charge is -2.38. The van der Waals surface area contributed by atoms with Crippen molar-refractivity contribution in [2.75, 3.05) is 0 Å². The van der Waals surface area contributed by atoms with Gasteiger partial charge in [0.2, 0.25) is 0 Å². The number of fused-ring (bicyclic) bond motifs is 3. The molecule has 2 aromatic rings. The lowest BCUT2D eigenvalue weighted by molar-refractivity contribution is 0.0753. The van der Waals surface area contributed by atoms with Gasteiger partial charge in [0.05, 0.1) is 17.0 Å². The van der Waals surface area contributed by atoms with Gasteiger partial charge in [-0.05, 0) is 50.0 Å². The van der Waals surface area contributed by atoms with Crippen LogP contribution in [0.3, 0.4) is 0 Å². The van der Waals surface area contributed by atoms with Crippen LogP contribution >= 0.6 is 0 Å². The Kier molecular flexibility index (Phi) is 2.61. The van der Waals surface area contributed by atoms with Gasteiger partial charge in [0.25, 0.3) is 0 Å². The number of aromatic hydroxyl groups is 1. The Morgan fingerprint density at radius 2 is 1.95 bits per heavy atom. The van der Waals surface area contributed by atoms with E-state index in [2.05, 4.69) is 6.08 Å². The van der Waals surface area contributed by atoms with E-state index in [0.717, 1.165) is 30.2 Å². The molecular weight excluding hydrogens is 268 g/mol. The van der Waals surface area contributed by atoms with Gasteiger partial charge >= 0.3 is 5.63 Å². The van der Waals surface area contributed by atoms with Crippen LogP contribution in [-0.2, 0) is 0 Å². The van der Waals surface area contributed by atoms with E-state index in [1.807, 2.05) is 12.1 Å². The van der Waals surface area contributed by atoms with Crippen LogP contribution in [0.2, 0.25) is 0 Å². The zero-order valence-electron chi connectivity index (χ0n) is 11.6. The third-order valence-corrected chi connectivity index (χ3v) is 4.46. The molecule has 0 bridgehead atoms. The summed E-state index contributed by atoms with van der Waals surface area (Å²) in [6, 6.07) is 4.67. The molecule has 0 saturated heterocycles. The van der Waals surface area contributed by atoms with Crippen LogP contribution in [0.15, 0.2) is 33.5 Å². The highest BCUT2D eigenvalue weighted by atomic mass is 16.5. The molecule has 0 unspecified atom stereocenters. The van der Waals surface area contributed by atoms with Gasteiger partial charge in [-0.2, -0.15) is 0 Å². The normalized spacial score (nSPS) is 19.4. The fourth-order valence-corrected chi connectivity index (χ4v) is 3.37. The van der Waals surface area contributed by atoms with E-state index in [9.17, 15) is 9.90 Å². The summed E-state index contributed by atoms with van der Waals surface area (Å²) in [5.41, 5.74) is 0.353. The van der Waals surface area contributed by atoms with E-state index < -0.39 is 5.63 Å². The predicted octanol–water partition coefficient (Wildman–Crippen LogP) is 3.61. The third-order valence-electron chi connectivity index (χ3n) is 4.46. The second-order valence-electron chi connectivity index (χ2n) is 5.87. The Morgan fingerprint density at radius 1 is 1.14 bits per heavy atom. The maximum atomic E-state index is 11.5. The molecule has 1 aromatic heterocycles. The quantitative estimate of drug-likeness (QED) is 0.751. The van der Waals surface area contributed by atoms with Crippen molar-refractivity contribution in [3.8, 4) is 11.5 Å². The van der Waals surface area contributed by atoms with E-state index >= 15 is 0 Å². The topological polar surface area (TPSA) is 59.7 Å². The van der Waals surface area contributed by atoms with Gasteiger partial charge in [0.15, 0.2) is 5.58 Å². The Hall–Kier alpha value is -2.23. The predicted molar refractivity (Wildman–Crippen MR) is 79.6 cm³/mol. The highest BCUT2D eigenvalue weighted by Gasteiger charge is 2.35. The molecule has 1 spiro atoms. The molecule has 1 aromatic carbocycles. The average Bonchev–Trinajstić information content (AvgIpc) is 2.47. The van der Waals surface area contributed by atoms with Crippen LogP contribution in [0.5, 0.6) is 11.5 Å². The summed E-state index contributed by atoms with van der Waals surface area (Å²) in [5, 5.41) is 10.4. The third kappa shape index (κ3) is 1.94. The minimum absolute atomic E-state index is 0.0598. The zero-order valence-corrected chi connectivity index (χ0v) is 11.6. The fraction of sp³-hybridized carbons (Fsp3) is 0.353. The summed E-state index contributed by atoms with van der Waals surface area (Å²) in [6.07, 6.45) is 9.68. The van der Waals surface area contributed by atoms with Crippen molar-refractivity contribution in [2.45, 2.75) is 37.7 Å². The first-order valence-corrected chi connectivity index (χ1v) is 7.35. The summed E-state index contributed by atoms with van der Waals surface area (Å²) in [6.45, 7) is 0. The molecule has 4 heteroatoms. The van der Waals surface area contributed by atoms with E-state index in [0.29, 0.717) is 11.0 Å². The van der Waals surface area contributed by atoms with Gasteiger partial charge in [0, 0.05) is 0 Å². The van der Waals surface area contributed by atoms with Gasteiger partial charge in [0.1, 0.15) is 17.1 Å². The highest BCUT2D eigenvalue weighted by molar-refractivity contribution is 5.92. The smallest absolute Gasteiger partial charge is 0.339 e. The molecular formula is C17H16O4. The van der Waals surface area contributed by atoms with Crippen molar-refractivity contribution in [2.24, 2.45) is 0 Å². The largest absolute Gasteiger partial charge is 0.507 e. The molecule has 0 amide bonds. The minimum Gasteiger partial charge on any atom is -0.507 e. The second kappa shape index (κ2) is 4.38. The monoisotopic (exact) mass is 284 g/mol. The Labute approximate surface area is 121 Å². The van der Waals surface area contributed by atoms with E-state index in [4.69, 9.17) is 9.15 Å². The molecule has 0 radical (unpaired) electrons. The molecule has 1 aliphatic heterocycles. The molecule has 1 aliphatic carbocycles. The molecule has 0 atom stereocenters. The Morgan fingerprint density at radius 3 is 2.76 bits per heavy atom. The van der Waals surface area contributed by atoms with E-state index in [-0.39, 0.29) is 11.4 Å². The Balaban J connectivity index is 1.89. The molecule has 1 N–H and O–H groups in total. The Bertz CT molecular complexity index is 794. The SMILES string of the molecule is O=c1cc(O)c2ccc3c(c2o1)C=CC1(CCCCC1)O3. The fourth-order valence-electron chi connectivity index (χ4n) is 3.37. The van der Waals surface area contributed by atoms with E-state index in [1.54, 1.807) is 6.07 Å². The first kappa shape index (κ1) is 12.5. The summed E-state index contributed by atoms with van der Waals surface area (Å²) in [5.74, 6) is 0.663. The molecule has 1 fully saturated rings. The van der Waals surface area contributed by atoms with E-state index in [1.165, 1.54) is 19.3 Å². The van der Waals surface area contributed by atoms with Crippen LogP contribution in [0, 0.1) is 0 Å². The van der Waals surface area contributed by atoms with Gasteiger partial charge in [-0.15, -0.1) is 0 Å². The van der Waals surface area contributed by atoms with Crippen molar-refractivity contribution in [3.05, 3.63) is 40.3 Å². The minimum atomic E-state index is -0.556. The van der Waals surface area contributed by atoms with Crippen molar-refractivity contribution >= 4 is 17.0 Å². The molecule has 1 saturated carbocycles. The molecule has 2 heterocycles. The summed E-state index contributed by atoms with van der Waals surface area (Å²) in [7, 11) is 0. The number of ether oxygens (including phenoxy) is 1. The summed E-state index contributed by atoms with van der Waals surface area (Å²) < 4.78 is 11.5. The standard InChI is InChI=1S/C17H16O4/c18-13-10-15(19)20-16-11(13)4-5-14-12(16)6-9-17(21-14)7-2-1-3-8-17/h4-6,9-10,18H,1-3,7-8H2. The number of benzene rings is 1. The van der Waals surface area contributed by atoms with Crippen LogP contribution in [0.4, 0.5) is 0 Å². The van der Waals surface area contributed by atoms with Gasteiger partial charge < -0.3 is 14.3 Å². The highest BCUT2D eigenvalue weighted by Crippen LogP contribution is 2.42. The molecule has 2 aliphatic rings. The molecule has 108 valence electrons. The zero-order chi connectivity index (χ0) is 14.4. The van der Waals surface area contributed by atoms with Crippen molar-refractivity contribution in [3.63, 3.8) is 0 Å². The number of rotatable bonds is 0. The van der Waals surface area contributed by atoms with Gasteiger partial charge in [-0.1, -0.05) is 6.42 Å². The van der Waals surface area contributed by atoms with Crippen LogP contribution in [0.25, 0.3) is 17.0 Å². The number of hydrogen-bond donors (Lipinski definition) is 1.